The Hall–Kier alpha value is -5.29. The van der Waals surface area contributed by atoms with Gasteiger partial charge in [-0.15, -0.1) is 0 Å². The van der Waals surface area contributed by atoms with Crippen molar-refractivity contribution in [2.75, 3.05) is 7.11 Å². The van der Waals surface area contributed by atoms with Crippen LogP contribution in [-0.4, -0.2) is 28.2 Å². The average molecular weight is 578 g/mol. The molecule has 0 aliphatic heterocycles. The second-order valence-electron chi connectivity index (χ2n) is 11.1. The van der Waals surface area contributed by atoms with Gasteiger partial charge in [0.1, 0.15) is 23.0 Å². The summed E-state index contributed by atoms with van der Waals surface area (Å²) in [5.74, 6) is -3.86. The lowest BCUT2D eigenvalue weighted by molar-refractivity contribution is 0.0940. The number of aromatic hydroxyl groups is 3. The van der Waals surface area contributed by atoms with Crippen LogP contribution in [0.2, 0.25) is 0 Å². The van der Waals surface area contributed by atoms with Crippen molar-refractivity contribution in [3.8, 4) is 40.2 Å². The minimum absolute atomic E-state index is 0.0555. The molecule has 0 saturated heterocycles. The van der Waals surface area contributed by atoms with Gasteiger partial charge in [0, 0.05) is 17.5 Å². The number of carbonyl (C=O) groups excluding carboxylic acids is 1. The van der Waals surface area contributed by atoms with Gasteiger partial charge < -0.3 is 24.5 Å². The standard InChI is InChI=1S/C35H31NO7/c1-17(2)20-6-9-23-18(3)13-25(30(23)19(4)12-20)33(39)26(16-36)31(21-7-11-27(38)29(14-21)42-5)32-34(40)24-10-8-22(37)15-28(24)43-35(32)41/h6-15,17,26,31,37-38,40H,1-5H3. The number of fused-ring (bicyclic) bond motifs is 2. The molecule has 8 heteroatoms. The Kier molecular flexibility index (Phi) is 7.59. The minimum Gasteiger partial charge on any atom is -0.508 e. The van der Waals surface area contributed by atoms with E-state index in [4.69, 9.17) is 9.15 Å². The monoisotopic (exact) mass is 577 g/mol. The first-order chi connectivity index (χ1) is 20.5. The highest BCUT2D eigenvalue weighted by atomic mass is 16.5. The molecule has 218 valence electrons. The first-order valence-corrected chi connectivity index (χ1v) is 13.8. The van der Waals surface area contributed by atoms with Gasteiger partial charge in [-0.1, -0.05) is 38.1 Å². The van der Waals surface area contributed by atoms with Crippen molar-refractivity contribution in [1.82, 2.24) is 0 Å². The Morgan fingerprint density at radius 3 is 2.33 bits per heavy atom. The van der Waals surface area contributed by atoms with E-state index >= 15 is 0 Å². The van der Waals surface area contributed by atoms with Gasteiger partial charge in [0.2, 0.25) is 0 Å². The zero-order chi connectivity index (χ0) is 31.2. The number of aryl methyl sites for hydroxylation is 2. The normalized spacial score (nSPS) is 12.8. The summed E-state index contributed by atoms with van der Waals surface area (Å²) in [6, 6.07) is 18.0. The van der Waals surface area contributed by atoms with Crippen LogP contribution in [0.1, 0.15) is 63.9 Å². The Morgan fingerprint density at radius 2 is 1.65 bits per heavy atom. The highest BCUT2D eigenvalue weighted by Crippen LogP contribution is 2.44. The molecule has 2 aromatic carbocycles. The molecule has 2 unspecified atom stereocenters. The molecular weight excluding hydrogens is 546 g/mol. The van der Waals surface area contributed by atoms with Crippen LogP contribution >= 0.6 is 0 Å². The summed E-state index contributed by atoms with van der Waals surface area (Å²) >= 11 is 0. The summed E-state index contributed by atoms with van der Waals surface area (Å²) in [6.45, 7) is 8.00. The molecule has 8 nitrogen and oxygen atoms in total. The average Bonchev–Trinajstić information content (AvgIpc) is 3.19. The number of phenols is 2. The van der Waals surface area contributed by atoms with Crippen molar-refractivity contribution in [1.29, 1.82) is 5.26 Å². The van der Waals surface area contributed by atoms with E-state index in [0.29, 0.717) is 11.1 Å². The fourth-order valence-corrected chi connectivity index (χ4v) is 5.78. The Morgan fingerprint density at radius 1 is 0.930 bits per heavy atom. The molecule has 3 aromatic rings. The number of nitriles is 1. The van der Waals surface area contributed by atoms with Crippen LogP contribution in [0.4, 0.5) is 0 Å². The molecule has 3 N–H and O–H groups in total. The number of rotatable bonds is 7. The first-order valence-electron chi connectivity index (χ1n) is 13.8. The maximum absolute atomic E-state index is 14.5. The zero-order valence-electron chi connectivity index (χ0n) is 24.4. The minimum atomic E-state index is -1.49. The van der Waals surface area contributed by atoms with Gasteiger partial charge in [-0.25, -0.2) is 4.79 Å². The van der Waals surface area contributed by atoms with Crippen LogP contribution in [-0.2, 0) is 0 Å². The lowest BCUT2D eigenvalue weighted by Crippen LogP contribution is -2.26. The van der Waals surface area contributed by atoms with E-state index in [1.807, 2.05) is 32.0 Å². The predicted molar refractivity (Wildman–Crippen MR) is 162 cm³/mol. The van der Waals surface area contributed by atoms with E-state index < -0.39 is 29.0 Å². The summed E-state index contributed by atoms with van der Waals surface area (Å²) in [6.07, 6.45) is 0. The van der Waals surface area contributed by atoms with Crippen molar-refractivity contribution < 1.29 is 29.3 Å². The quantitative estimate of drug-likeness (QED) is 0.140. The molecule has 1 heterocycles. The highest BCUT2D eigenvalue weighted by molar-refractivity contribution is 6.08. The Bertz CT molecular complexity index is 1960. The topological polar surface area (TPSA) is 141 Å². The molecule has 0 spiro atoms. The summed E-state index contributed by atoms with van der Waals surface area (Å²) in [5, 5.41) is 42.3. The molecule has 0 amide bonds. The third-order valence-electron chi connectivity index (χ3n) is 8.00. The number of hydrogen-bond acceptors (Lipinski definition) is 8. The lowest BCUT2D eigenvalue weighted by atomic mass is 9.77. The zero-order valence-corrected chi connectivity index (χ0v) is 24.4. The number of hydrogen-bond donors (Lipinski definition) is 3. The molecule has 43 heavy (non-hydrogen) atoms. The Balaban J connectivity index is 1.78. The molecule has 0 fully saturated rings. The van der Waals surface area contributed by atoms with E-state index in [1.54, 1.807) is 6.07 Å². The van der Waals surface area contributed by atoms with Crippen LogP contribution in [0.25, 0.3) is 22.1 Å². The van der Waals surface area contributed by atoms with Crippen LogP contribution in [0.5, 0.6) is 23.0 Å². The number of carbonyl (C=O) groups is 1. The van der Waals surface area contributed by atoms with E-state index in [0.717, 1.165) is 22.3 Å². The van der Waals surface area contributed by atoms with Gasteiger partial charge in [0.25, 0.3) is 0 Å². The number of methoxy groups -OCH3 is 1. The predicted octanol–water partition coefficient (Wildman–Crippen LogP) is 6.92. The fraction of sp³-hybridized carbons (Fsp3) is 0.229. The first kappa shape index (κ1) is 29.2. The van der Waals surface area contributed by atoms with Gasteiger partial charge in [-0.2, -0.15) is 5.26 Å². The van der Waals surface area contributed by atoms with Gasteiger partial charge in [-0.05, 0) is 83.5 Å². The molecule has 1 aromatic heterocycles. The number of phenolic OH excluding ortho intramolecular Hbond substituents is 2. The van der Waals surface area contributed by atoms with E-state index in [1.165, 1.54) is 43.5 Å². The van der Waals surface area contributed by atoms with Gasteiger partial charge in [-0.3, -0.25) is 4.79 Å². The fourth-order valence-electron chi connectivity index (χ4n) is 5.78. The molecule has 0 bridgehead atoms. The number of nitrogens with zero attached hydrogens (tertiary/aromatic N) is 1. The van der Waals surface area contributed by atoms with Crippen molar-refractivity contribution in [3.63, 3.8) is 0 Å². The molecule has 0 saturated carbocycles. The SMILES string of the molecule is COc1cc(C(c2c(O)c3ccc(O)cc3oc2=O)C(C#N)C(=O)c2cc(C)c3ccc(C(C)C)cc(C)c2-3)ccc1O. The van der Waals surface area contributed by atoms with E-state index in [9.17, 15) is 30.2 Å². The van der Waals surface area contributed by atoms with Crippen molar-refractivity contribution in [2.24, 2.45) is 5.92 Å². The third-order valence-corrected chi connectivity index (χ3v) is 8.00. The van der Waals surface area contributed by atoms with Gasteiger partial charge >= 0.3 is 5.63 Å². The molecule has 2 aliphatic rings. The van der Waals surface area contributed by atoms with Gasteiger partial charge in [0.05, 0.1) is 24.1 Å². The second kappa shape index (κ2) is 11.2. The maximum Gasteiger partial charge on any atom is 0.343 e. The van der Waals surface area contributed by atoms with E-state index in [2.05, 4.69) is 19.9 Å². The largest absolute Gasteiger partial charge is 0.508 e. The third kappa shape index (κ3) is 5.04. The van der Waals surface area contributed by atoms with Crippen LogP contribution in [0, 0.1) is 31.1 Å². The lowest BCUT2D eigenvalue weighted by Gasteiger charge is -2.23. The number of Topliss-reactive ketones (excluding diaryl/α,β-unsaturated/α-hetero) is 1. The van der Waals surface area contributed by atoms with E-state index in [-0.39, 0.29) is 45.3 Å². The second-order valence-corrected chi connectivity index (χ2v) is 11.1. The van der Waals surface area contributed by atoms with Crippen molar-refractivity contribution >= 4 is 16.8 Å². The Labute approximate surface area is 248 Å². The van der Waals surface area contributed by atoms with Crippen LogP contribution in [0.15, 0.2) is 69.9 Å². The van der Waals surface area contributed by atoms with Crippen LogP contribution < -0.4 is 10.4 Å². The molecule has 0 radical (unpaired) electrons. The maximum atomic E-state index is 14.5. The smallest absolute Gasteiger partial charge is 0.343 e. The van der Waals surface area contributed by atoms with Crippen molar-refractivity contribution in [2.45, 2.75) is 39.5 Å². The molecule has 2 atom stereocenters. The number of ketones is 1. The van der Waals surface area contributed by atoms with Gasteiger partial charge in [0.15, 0.2) is 17.3 Å². The molecule has 5 rings (SSSR count). The summed E-state index contributed by atoms with van der Waals surface area (Å²) in [7, 11) is 1.35. The number of benzene rings is 2. The number of ether oxygens (including phenoxy) is 1. The van der Waals surface area contributed by atoms with Crippen molar-refractivity contribution in [3.05, 3.63) is 104 Å². The molecular formula is C35H31NO7. The summed E-state index contributed by atoms with van der Waals surface area (Å²) in [5.41, 5.74) is 3.67. The molecule has 2 aliphatic carbocycles. The summed E-state index contributed by atoms with van der Waals surface area (Å²) in [4.78, 5) is 28.0. The summed E-state index contributed by atoms with van der Waals surface area (Å²) < 4.78 is 10.8. The highest BCUT2D eigenvalue weighted by Gasteiger charge is 2.38. The van der Waals surface area contributed by atoms with Crippen LogP contribution in [0.3, 0.4) is 0 Å².